The zero-order valence-electron chi connectivity index (χ0n) is 8.72. The summed E-state index contributed by atoms with van der Waals surface area (Å²) in [6.45, 7) is -0.144. The molecule has 0 spiro atoms. The zero-order valence-corrected chi connectivity index (χ0v) is 9.54. The largest absolute Gasteiger partial charge is 0.392 e. The molecule has 5 heteroatoms. The number of aromatic nitrogens is 2. The number of nitrogens with zero attached hydrogens (tertiary/aromatic N) is 2. The summed E-state index contributed by atoms with van der Waals surface area (Å²) in [7, 11) is 1.81. The molecule has 16 heavy (non-hydrogen) atoms. The smallest absolute Gasteiger partial charge is 0.137 e. The SMILES string of the molecule is Cn1cc(Sc2ccc(CO)cc2F)cn1. The van der Waals surface area contributed by atoms with Crippen molar-refractivity contribution in [3.05, 3.63) is 42.0 Å². The predicted molar refractivity (Wildman–Crippen MR) is 59.7 cm³/mol. The highest BCUT2D eigenvalue weighted by atomic mass is 32.2. The Hall–Kier alpha value is -1.33. The number of hydrogen-bond donors (Lipinski definition) is 1. The third kappa shape index (κ3) is 2.43. The summed E-state index contributed by atoms with van der Waals surface area (Å²) in [5.74, 6) is -0.319. The van der Waals surface area contributed by atoms with E-state index in [4.69, 9.17) is 5.11 Å². The summed E-state index contributed by atoms with van der Waals surface area (Å²) in [6, 6.07) is 4.72. The van der Waals surface area contributed by atoms with Crippen molar-refractivity contribution in [3.63, 3.8) is 0 Å². The van der Waals surface area contributed by atoms with Crippen LogP contribution in [-0.4, -0.2) is 14.9 Å². The molecule has 0 amide bonds. The number of halogens is 1. The van der Waals surface area contributed by atoms with Gasteiger partial charge in [0.25, 0.3) is 0 Å². The number of rotatable bonds is 3. The van der Waals surface area contributed by atoms with Crippen molar-refractivity contribution in [2.24, 2.45) is 7.05 Å². The average Bonchev–Trinajstić information content (AvgIpc) is 2.67. The molecule has 0 aliphatic carbocycles. The molecule has 2 aromatic rings. The van der Waals surface area contributed by atoms with E-state index in [-0.39, 0.29) is 12.4 Å². The first-order valence-corrected chi connectivity index (χ1v) is 5.56. The molecule has 2 rings (SSSR count). The predicted octanol–water partition coefficient (Wildman–Crippen LogP) is 2.20. The molecule has 3 nitrogen and oxygen atoms in total. The average molecular weight is 238 g/mol. The molecule has 0 unspecified atom stereocenters. The fourth-order valence-electron chi connectivity index (χ4n) is 1.30. The Balaban J connectivity index is 2.21. The van der Waals surface area contributed by atoms with Crippen molar-refractivity contribution in [1.82, 2.24) is 9.78 Å². The molecule has 0 aliphatic rings. The molecule has 0 aliphatic heterocycles. The standard InChI is InChI=1S/C11H11FN2OS/c1-14-6-9(5-13-14)16-11-3-2-8(7-15)4-10(11)12/h2-6,15H,7H2,1H3. The van der Waals surface area contributed by atoms with Crippen LogP contribution >= 0.6 is 11.8 Å². The molecular formula is C11H11FN2OS. The van der Waals surface area contributed by atoms with Crippen molar-refractivity contribution in [3.8, 4) is 0 Å². The molecule has 0 saturated heterocycles. The summed E-state index contributed by atoms with van der Waals surface area (Å²) in [5, 5.41) is 12.9. The van der Waals surface area contributed by atoms with Crippen LogP contribution in [0.4, 0.5) is 4.39 Å². The Kier molecular flexibility index (Phi) is 3.26. The Bertz CT molecular complexity index is 498. The molecule has 1 aromatic heterocycles. The maximum Gasteiger partial charge on any atom is 0.137 e. The number of hydrogen-bond acceptors (Lipinski definition) is 3. The van der Waals surface area contributed by atoms with Crippen molar-refractivity contribution >= 4 is 11.8 Å². The van der Waals surface area contributed by atoms with Gasteiger partial charge in [0.05, 0.1) is 17.7 Å². The molecular weight excluding hydrogens is 227 g/mol. The van der Waals surface area contributed by atoms with Gasteiger partial charge in [0.15, 0.2) is 0 Å². The number of aliphatic hydroxyl groups excluding tert-OH is 1. The van der Waals surface area contributed by atoms with Crippen LogP contribution in [0, 0.1) is 5.82 Å². The zero-order chi connectivity index (χ0) is 11.5. The van der Waals surface area contributed by atoms with Crippen LogP contribution in [0.2, 0.25) is 0 Å². The third-order valence-corrected chi connectivity index (χ3v) is 3.09. The van der Waals surface area contributed by atoms with E-state index >= 15 is 0 Å². The van der Waals surface area contributed by atoms with Gasteiger partial charge in [-0.25, -0.2) is 4.39 Å². The number of benzene rings is 1. The van der Waals surface area contributed by atoms with Gasteiger partial charge in [0.2, 0.25) is 0 Å². The summed E-state index contributed by atoms with van der Waals surface area (Å²) < 4.78 is 15.2. The van der Waals surface area contributed by atoms with Crippen molar-refractivity contribution in [2.75, 3.05) is 0 Å². The van der Waals surface area contributed by atoms with E-state index in [1.54, 1.807) is 23.0 Å². The Morgan fingerprint density at radius 3 is 2.88 bits per heavy atom. The van der Waals surface area contributed by atoms with E-state index in [0.29, 0.717) is 10.5 Å². The normalized spacial score (nSPS) is 10.7. The van der Waals surface area contributed by atoms with Gasteiger partial charge in [-0.15, -0.1) is 0 Å². The molecule has 1 heterocycles. The minimum atomic E-state index is -0.319. The number of aliphatic hydroxyl groups is 1. The van der Waals surface area contributed by atoms with E-state index in [1.165, 1.54) is 17.8 Å². The Morgan fingerprint density at radius 1 is 1.50 bits per heavy atom. The molecule has 0 fully saturated rings. The van der Waals surface area contributed by atoms with Crippen molar-refractivity contribution < 1.29 is 9.50 Å². The highest BCUT2D eigenvalue weighted by molar-refractivity contribution is 7.99. The van der Waals surface area contributed by atoms with Gasteiger partial charge in [0, 0.05) is 18.1 Å². The third-order valence-electron chi connectivity index (χ3n) is 2.09. The van der Waals surface area contributed by atoms with Gasteiger partial charge in [-0.05, 0) is 17.7 Å². The summed E-state index contributed by atoms with van der Waals surface area (Å²) >= 11 is 1.31. The van der Waals surface area contributed by atoms with E-state index in [0.717, 1.165) is 4.90 Å². The molecule has 0 atom stereocenters. The lowest BCUT2D eigenvalue weighted by molar-refractivity contribution is 0.281. The summed E-state index contributed by atoms with van der Waals surface area (Å²) in [6.07, 6.45) is 3.51. The summed E-state index contributed by atoms with van der Waals surface area (Å²) in [4.78, 5) is 1.42. The van der Waals surface area contributed by atoms with E-state index in [1.807, 2.05) is 13.2 Å². The lowest BCUT2D eigenvalue weighted by atomic mass is 10.2. The second-order valence-electron chi connectivity index (χ2n) is 3.37. The maximum absolute atomic E-state index is 13.6. The highest BCUT2D eigenvalue weighted by Gasteiger charge is 2.06. The van der Waals surface area contributed by atoms with Crippen LogP contribution in [-0.2, 0) is 13.7 Å². The van der Waals surface area contributed by atoms with E-state index in [9.17, 15) is 4.39 Å². The van der Waals surface area contributed by atoms with Gasteiger partial charge in [-0.2, -0.15) is 5.10 Å². The van der Waals surface area contributed by atoms with Crippen LogP contribution in [0.25, 0.3) is 0 Å². The quantitative estimate of drug-likeness (QED) is 0.890. The maximum atomic E-state index is 13.6. The molecule has 1 aromatic carbocycles. The van der Waals surface area contributed by atoms with Gasteiger partial charge >= 0.3 is 0 Å². The van der Waals surface area contributed by atoms with Crippen LogP contribution in [0.3, 0.4) is 0 Å². The fourth-order valence-corrected chi connectivity index (χ4v) is 2.16. The molecule has 84 valence electrons. The number of aryl methyl sites for hydroxylation is 1. The second-order valence-corrected chi connectivity index (χ2v) is 4.49. The first kappa shape index (κ1) is 11.2. The first-order chi connectivity index (χ1) is 7.69. The van der Waals surface area contributed by atoms with E-state index in [2.05, 4.69) is 5.10 Å². The molecule has 0 radical (unpaired) electrons. The molecule has 1 N–H and O–H groups in total. The molecule has 0 saturated carbocycles. The topological polar surface area (TPSA) is 38.0 Å². The van der Waals surface area contributed by atoms with Crippen molar-refractivity contribution in [1.29, 1.82) is 0 Å². The van der Waals surface area contributed by atoms with Crippen LogP contribution in [0.15, 0.2) is 40.4 Å². The monoisotopic (exact) mass is 238 g/mol. The fraction of sp³-hybridized carbons (Fsp3) is 0.182. The van der Waals surface area contributed by atoms with Crippen LogP contribution < -0.4 is 0 Å². The van der Waals surface area contributed by atoms with Gasteiger partial charge in [-0.3, -0.25) is 4.68 Å². The lowest BCUT2D eigenvalue weighted by Gasteiger charge is -2.02. The lowest BCUT2D eigenvalue weighted by Crippen LogP contribution is -1.87. The van der Waals surface area contributed by atoms with E-state index < -0.39 is 0 Å². The van der Waals surface area contributed by atoms with Gasteiger partial charge in [0.1, 0.15) is 5.82 Å². The Morgan fingerprint density at radius 2 is 2.31 bits per heavy atom. The minimum Gasteiger partial charge on any atom is -0.392 e. The van der Waals surface area contributed by atoms with Crippen LogP contribution in [0.5, 0.6) is 0 Å². The second kappa shape index (κ2) is 4.67. The van der Waals surface area contributed by atoms with Crippen LogP contribution in [0.1, 0.15) is 5.56 Å². The van der Waals surface area contributed by atoms with Gasteiger partial charge < -0.3 is 5.11 Å². The van der Waals surface area contributed by atoms with Gasteiger partial charge in [-0.1, -0.05) is 17.8 Å². The van der Waals surface area contributed by atoms with Crippen molar-refractivity contribution in [2.45, 2.75) is 16.4 Å². The molecule has 0 bridgehead atoms. The highest BCUT2D eigenvalue weighted by Crippen LogP contribution is 2.29. The Labute approximate surface area is 96.9 Å². The minimum absolute atomic E-state index is 0.144. The summed E-state index contributed by atoms with van der Waals surface area (Å²) in [5.41, 5.74) is 0.577. The first-order valence-electron chi connectivity index (χ1n) is 4.75.